The van der Waals surface area contributed by atoms with Gasteiger partial charge in [-0.25, -0.2) is 0 Å². The summed E-state index contributed by atoms with van der Waals surface area (Å²) in [7, 11) is 0. The van der Waals surface area contributed by atoms with Gasteiger partial charge in [0.1, 0.15) is 11.4 Å². The third-order valence-electron chi connectivity index (χ3n) is 8.46. The van der Waals surface area contributed by atoms with Crippen LogP contribution < -0.4 is 16.4 Å². The molecule has 2 saturated carbocycles. The van der Waals surface area contributed by atoms with Crippen LogP contribution in [-0.4, -0.2) is 21.9 Å². The molecule has 0 spiro atoms. The average Bonchev–Trinajstić information content (AvgIpc) is 2.87. The largest absolute Gasteiger partial charge is 0.376 e. The molecule has 0 aliphatic heterocycles. The first-order valence-electron chi connectivity index (χ1n) is 13.5. The summed E-state index contributed by atoms with van der Waals surface area (Å²) in [5, 5.41) is 30.1. The van der Waals surface area contributed by atoms with Gasteiger partial charge in [-0.1, -0.05) is 44.2 Å². The van der Waals surface area contributed by atoms with E-state index in [9.17, 15) is 20.2 Å². The molecule has 4 rings (SSSR count). The number of hydrogen-bond acceptors (Lipinski definition) is 7. The van der Waals surface area contributed by atoms with Gasteiger partial charge in [0.15, 0.2) is 0 Å². The van der Waals surface area contributed by atoms with Crippen molar-refractivity contribution in [2.24, 2.45) is 29.4 Å². The molecule has 2 aromatic rings. The summed E-state index contributed by atoms with van der Waals surface area (Å²) in [5.74, 6) is 2.33. The number of benzene rings is 2. The maximum atomic E-state index is 11.8. The molecule has 0 saturated heterocycles. The first-order chi connectivity index (χ1) is 17.7. The lowest BCUT2D eigenvalue weighted by Crippen LogP contribution is -2.37. The van der Waals surface area contributed by atoms with Crippen molar-refractivity contribution in [3.63, 3.8) is 0 Å². The Bertz CT molecular complexity index is 1100. The van der Waals surface area contributed by atoms with Crippen LogP contribution in [0.4, 0.5) is 22.7 Å². The van der Waals surface area contributed by atoms with Crippen molar-refractivity contribution in [1.82, 2.24) is 0 Å². The van der Waals surface area contributed by atoms with E-state index >= 15 is 0 Å². The Morgan fingerprint density at radius 2 is 1.49 bits per heavy atom. The molecule has 4 N–H and O–H groups in total. The minimum Gasteiger partial charge on any atom is -0.376 e. The highest BCUT2D eigenvalue weighted by Crippen LogP contribution is 2.41. The van der Waals surface area contributed by atoms with E-state index in [-0.39, 0.29) is 23.1 Å². The Kier molecular flexibility index (Phi) is 8.63. The fourth-order valence-corrected chi connectivity index (χ4v) is 6.28. The second kappa shape index (κ2) is 11.9. The van der Waals surface area contributed by atoms with Crippen LogP contribution in [0, 0.1) is 43.9 Å². The van der Waals surface area contributed by atoms with Crippen molar-refractivity contribution in [3.05, 3.63) is 68.3 Å². The molecule has 2 aliphatic rings. The zero-order chi connectivity index (χ0) is 26.5. The lowest BCUT2D eigenvalue weighted by molar-refractivity contribution is -0.393. The van der Waals surface area contributed by atoms with Crippen LogP contribution >= 0.6 is 0 Å². The third-order valence-corrected chi connectivity index (χ3v) is 8.46. The number of rotatable bonds is 9. The van der Waals surface area contributed by atoms with Gasteiger partial charge in [-0.2, -0.15) is 0 Å². The number of nitro groups is 2. The van der Waals surface area contributed by atoms with Gasteiger partial charge in [0.05, 0.1) is 15.9 Å². The van der Waals surface area contributed by atoms with Crippen LogP contribution in [0.25, 0.3) is 0 Å². The van der Waals surface area contributed by atoms with E-state index in [0.29, 0.717) is 36.0 Å². The molecule has 0 aromatic heterocycles. The van der Waals surface area contributed by atoms with Crippen LogP contribution in [0.2, 0.25) is 0 Å². The van der Waals surface area contributed by atoms with E-state index in [1.54, 1.807) is 0 Å². The molecule has 2 fully saturated rings. The van der Waals surface area contributed by atoms with E-state index in [1.807, 2.05) is 30.3 Å². The second-order valence-corrected chi connectivity index (χ2v) is 11.2. The van der Waals surface area contributed by atoms with E-state index in [4.69, 9.17) is 5.73 Å². The first kappa shape index (κ1) is 26.9. The highest BCUT2D eigenvalue weighted by molar-refractivity contribution is 5.77. The zero-order valence-electron chi connectivity index (χ0n) is 21.8. The van der Waals surface area contributed by atoms with Crippen LogP contribution in [0.15, 0.2) is 42.5 Å². The number of nitrogens with zero attached hydrogens (tertiary/aromatic N) is 2. The molecule has 0 heterocycles. The van der Waals surface area contributed by atoms with Crippen LogP contribution in [-0.2, 0) is 6.54 Å². The van der Waals surface area contributed by atoms with Gasteiger partial charge >= 0.3 is 0 Å². The predicted molar refractivity (Wildman–Crippen MR) is 147 cm³/mol. The minimum atomic E-state index is -0.572. The Morgan fingerprint density at radius 1 is 0.865 bits per heavy atom. The van der Waals surface area contributed by atoms with Crippen molar-refractivity contribution in [2.75, 3.05) is 10.6 Å². The van der Waals surface area contributed by atoms with Gasteiger partial charge in [-0.05, 0) is 80.2 Å². The highest BCUT2D eigenvalue weighted by atomic mass is 16.6. The van der Waals surface area contributed by atoms with E-state index in [1.165, 1.54) is 25.3 Å². The average molecular weight is 510 g/mol. The summed E-state index contributed by atoms with van der Waals surface area (Å²) in [5.41, 5.74) is 7.21. The Morgan fingerprint density at radius 3 is 2.11 bits per heavy atom. The zero-order valence-corrected chi connectivity index (χ0v) is 21.8. The van der Waals surface area contributed by atoms with E-state index < -0.39 is 9.85 Å². The quantitative estimate of drug-likeness (QED) is 0.260. The first-order valence-corrected chi connectivity index (χ1v) is 13.5. The van der Waals surface area contributed by atoms with Gasteiger partial charge in [-0.15, -0.1) is 0 Å². The van der Waals surface area contributed by atoms with Crippen molar-refractivity contribution in [3.8, 4) is 0 Å². The summed E-state index contributed by atoms with van der Waals surface area (Å²) in [4.78, 5) is 22.4. The second-order valence-electron chi connectivity index (χ2n) is 11.2. The molecule has 2 aliphatic carbocycles. The molecular formula is C28H39N5O4. The topological polar surface area (TPSA) is 136 Å². The number of anilines is 2. The molecule has 6 unspecified atom stereocenters. The van der Waals surface area contributed by atoms with Gasteiger partial charge < -0.3 is 16.4 Å². The number of nitrogens with two attached hydrogens (primary N) is 1. The molecule has 0 amide bonds. The van der Waals surface area contributed by atoms with Crippen molar-refractivity contribution >= 4 is 22.7 Å². The smallest absolute Gasteiger partial charge is 0.299 e. The fraction of sp³-hybridized carbons (Fsp3) is 0.571. The van der Waals surface area contributed by atoms with Crippen molar-refractivity contribution in [2.45, 2.75) is 77.4 Å². The van der Waals surface area contributed by atoms with Gasteiger partial charge in [0.2, 0.25) is 0 Å². The molecule has 9 heteroatoms. The van der Waals surface area contributed by atoms with Crippen LogP contribution in [0.3, 0.4) is 0 Å². The molecule has 6 atom stereocenters. The van der Waals surface area contributed by atoms with Crippen molar-refractivity contribution in [1.29, 1.82) is 0 Å². The lowest BCUT2D eigenvalue weighted by Gasteiger charge is -2.39. The predicted octanol–water partition coefficient (Wildman–Crippen LogP) is 6.49. The van der Waals surface area contributed by atoms with E-state index in [2.05, 4.69) is 24.5 Å². The van der Waals surface area contributed by atoms with Gasteiger partial charge in [-0.3, -0.25) is 20.2 Å². The minimum absolute atomic E-state index is 0.0806. The summed E-state index contributed by atoms with van der Waals surface area (Å²) in [6.45, 7) is 4.85. The molecule has 0 radical (unpaired) electrons. The van der Waals surface area contributed by atoms with Crippen LogP contribution in [0.5, 0.6) is 0 Å². The molecule has 37 heavy (non-hydrogen) atoms. The number of nitrogens with one attached hydrogen (secondary N) is 2. The highest BCUT2D eigenvalue weighted by Gasteiger charge is 2.33. The normalized spacial score (nSPS) is 27.9. The summed E-state index contributed by atoms with van der Waals surface area (Å²) in [6.07, 6.45) is 7.86. The summed E-state index contributed by atoms with van der Waals surface area (Å²) in [6, 6.07) is 12.6. The Hall–Kier alpha value is -3.20. The van der Waals surface area contributed by atoms with Crippen molar-refractivity contribution < 1.29 is 9.85 Å². The van der Waals surface area contributed by atoms with Gasteiger partial charge in [0, 0.05) is 18.6 Å². The lowest BCUT2D eigenvalue weighted by atomic mass is 9.71. The Balaban J connectivity index is 1.45. The SMILES string of the molecule is CC1CC(CC2CCC(Nc3cc(NCc4ccccc4)c([N+](=O)[O-])cc3[N+](=O)[O-])C(C)C2)CCC1N. The molecule has 2 aromatic carbocycles. The third kappa shape index (κ3) is 6.77. The summed E-state index contributed by atoms with van der Waals surface area (Å²) < 4.78 is 0. The summed E-state index contributed by atoms with van der Waals surface area (Å²) >= 11 is 0. The molecule has 9 nitrogen and oxygen atoms in total. The monoisotopic (exact) mass is 509 g/mol. The molecular weight excluding hydrogens is 470 g/mol. The standard InChI is InChI=1S/C28H39N5O4/c1-18-12-21(8-10-23(18)29)14-22-9-11-24(19(2)13-22)31-26-15-25(30-17-20-6-4-3-5-7-20)27(32(34)35)16-28(26)33(36)37/h3-7,15-16,18-19,21-24,30-31H,8-14,17,29H2,1-2H3. The molecule has 0 bridgehead atoms. The van der Waals surface area contributed by atoms with Crippen LogP contribution in [0.1, 0.15) is 64.4 Å². The maximum Gasteiger partial charge on any atom is 0.299 e. The number of hydrogen-bond donors (Lipinski definition) is 3. The van der Waals surface area contributed by atoms with Gasteiger partial charge in [0.25, 0.3) is 11.4 Å². The Labute approximate surface area is 218 Å². The van der Waals surface area contributed by atoms with E-state index in [0.717, 1.165) is 43.2 Å². The fourth-order valence-electron chi connectivity index (χ4n) is 6.28. The molecule has 200 valence electrons. The maximum absolute atomic E-state index is 11.8. The number of nitro benzene ring substituents is 2.